The first-order chi connectivity index (χ1) is 10.7. The number of methoxy groups -OCH3 is 1. The number of hydrogen-bond acceptors (Lipinski definition) is 3. The van der Waals surface area contributed by atoms with E-state index >= 15 is 0 Å². The van der Waals surface area contributed by atoms with Crippen LogP contribution in [0.15, 0.2) is 17.1 Å². The lowest BCUT2D eigenvalue weighted by atomic mass is 9.68. The normalized spacial score (nSPS) is 46.9. The molecule has 0 spiro atoms. The fourth-order valence-corrected chi connectivity index (χ4v) is 5.41. The van der Waals surface area contributed by atoms with E-state index < -0.39 is 11.3 Å². The highest BCUT2D eigenvalue weighted by Crippen LogP contribution is 2.76. The third-order valence-electron chi connectivity index (χ3n) is 6.69. The average molecular weight is 322 g/mol. The van der Waals surface area contributed by atoms with E-state index in [4.69, 9.17) is 4.74 Å². The third-order valence-corrected chi connectivity index (χ3v) is 6.69. The van der Waals surface area contributed by atoms with E-state index in [0.29, 0.717) is 17.9 Å². The smallest absolute Gasteiger partial charge is 0.197 e. The van der Waals surface area contributed by atoms with Crippen LogP contribution in [-0.2, 0) is 4.74 Å². The molecule has 1 aliphatic carbocycles. The maximum atomic E-state index is 11.3. The Morgan fingerprint density at radius 3 is 2.39 bits per heavy atom. The second-order valence-corrected chi connectivity index (χ2v) is 7.79. The number of nitrogens with zero attached hydrogens (tertiary/aromatic N) is 2. The van der Waals surface area contributed by atoms with Gasteiger partial charge in [0.15, 0.2) is 5.79 Å². The summed E-state index contributed by atoms with van der Waals surface area (Å²) < 4.78 is 5.68. The lowest BCUT2D eigenvalue weighted by Crippen LogP contribution is -2.58. The molecule has 1 N–H and O–H groups in total. The summed E-state index contributed by atoms with van der Waals surface area (Å²) in [6, 6.07) is 0.314. The molecule has 4 nitrogen and oxygen atoms in total. The summed E-state index contributed by atoms with van der Waals surface area (Å²) in [7, 11) is 1.62. The second-order valence-electron chi connectivity index (χ2n) is 7.79. The average Bonchev–Trinajstić information content (AvgIpc) is 2.91. The van der Waals surface area contributed by atoms with Crippen molar-refractivity contribution < 1.29 is 9.84 Å². The molecule has 4 heteroatoms. The zero-order valence-electron chi connectivity index (χ0n) is 16.0. The van der Waals surface area contributed by atoms with Crippen molar-refractivity contribution in [2.75, 3.05) is 13.7 Å². The van der Waals surface area contributed by atoms with Gasteiger partial charge in [-0.1, -0.05) is 39.8 Å². The fraction of sp³-hybridized carbons (Fsp3) is 0.842. The lowest BCUT2D eigenvalue weighted by Gasteiger charge is -2.50. The van der Waals surface area contributed by atoms with Gasteiger partial charge in [0.2, 0.25) is 0 Å². The summed E-state index contributed by atoms with van der Waals surface area (Å²) in [5.74, 6) is -0.0380. The van der Waals surface area contributed by atoms with E-state index in [-0.39, 0.29) is 11.3 Å². The van der Waals surface area contributed by atoms with E-state index in [2.05, 4.69) is 63.6 Å². The minimum absolute atomic E-state index is 0.265. The van der Waals surface area contributed by atoms with Crippen molar-refractivity contribution in [1.82, 2.24) is 4.90 Å². The minimum atomic E-state index is -1.16. The third kappa shape index (κ3) is 2.00. The van der Waals surface area contributed by atoms with Crippen molar-refractivity contribution in [1.29, 1.82) is 0 Å². The van der Waals surface area contributed by atoms with E-state index in [0.717, 1.165) is 6.54 Å². The van der Waals surface area contributed by atoms with Gasteiger partial charge in [0.05, 0.1) is 11.8 Å². The quantitative estimate of drug-likeness (QED) is 0.365. The Balaban J connectivity index is 2.62. The van der Waals surface area contributed by atoms with Gasteiger partial charge in [0, 0.05) is 19.7 Å². The maximum Gasteiger partial charge on any atom is 0.197 e. The molecule has 1 heterocycles. The zero-order chi connectivity index (χ0) is 17.6. The Labute approximate surface area is 141 Å². The summed E-state index contributed by atoms with van der Waals surface area (Å²) >= 11 is 0. The van der Waals surface area contributed by atoms with E-state index in [1.54, 1.807) is 7.11 Å². The van der Waals surface area contributed by atoms with Gasteiger partial charge < -0.3 is 14.7 Å². The molecule has 1 aliphatic heterocycles. The van der Waals surface area contributed by atoms with Crippen molar-refractivity contribution in [3.63, 3.8) is 0 Å². The number of ether oxygens (including phenoxy) is 1. The van der Waals surface area contributed by atoms with Gasteiger partial charge in [-0.05, 0) is 38.5 Å². The highest BCUT2D eigenvalue weighted by molar-refractivity contribution is 5.62. The number of likely N-dealkylation sites (tertiary alicyclic amines) is 1. The molecule has 0 radical (unpaired) electrons. The number of aliphatic imine (C=N–C) groups is 1. The molecule has 2 rings (SSSR count). The first kappa shape index (κ1) is 18.5. The van der Waals surface area contributed by atoms with Crippen LogP contribution in [0.3, 0.4) is 0 Å². The minimum Gasteiger partial charge on any atom is -0.363 e. The maximum absolute atomic E-state index is 11.3. The Morgan fingerprint density at radius 1 is 1.35 bits per heavy atom. The molecule has 0 aromatic rings. The largest absolute Gasteiger partial charge is 0.363 e. The van der Waals surface area contributed by atoms with Crippen LogP contribution in [0.4, 0.5) is 0 Å². The van der Waals surface area contributed by atoms with Crippen LogP contribution in [0.25, 0.3) is 0 Å². The van der Waals surface area contributed by atoms with Crippen LogP contribution in [-0.4, -0.2) is 47.4 Å². The van der Waals surface area contributed by atoms with Gasteiger partial charge in [-0.2, -0.15) is 0 Å². The number of hydrogen-bond donors (Lipinski definition) is 1. The Morgan fingerprint density at radius 2 is 1.96 bits per heavy atom. The van der Waals surface area contributed by atoms with Gasteiger partial charge in [-0.25, -0.2) is 0 Å². The summed E-state index contributed by atoms with van der Waals surface area (Å²) in [5, 5.41) is 11.3. The standard InChI is InChI=1S/C19H34N2O2/c1-9-11-15-14(5)16(13(3)4)21(12-20-10-2)18(7)17(15,6)19(18,22)23-8/h9,11-16,22H,10H2,1-8H3/t14-,15?,16+,17?,18?,19?/m1/s1. The molecule has 0 aromatic carbocycles. The first-order valence-electron chi connectivity index (χ1n) is 8.87. The van der Waals surface area contributed by atoms with Gasteiger partial charge in [0.1, 0.15) is 5.54 Å². The topological polar surface area (TPSA) is 45.1 Å². The molecule has 1 saturated carbocycles. The van der Waals surface area contributed by atoms with Crippen molar-refractivity contribution in [3.8, 4) is 0 Å². The monoisotopic (exact) mass is 322 g/mol. The van der Waals surface area contributed by atoms with Gasteiger partial charge in [-0.15, -0.1) is 0 Å². The molecule has 4 unspecified atom stereocenters. The van der Waals surface area contributed by atoms with Crippen LogP contribution < -0.4 is 0 Å². The predicted molar refractivity (Wildman–Crippen MR) is 95.4 cm³/mol. The molecule has 2 fully saturated rings. The van der Waals surface area contributed by atoms with E-state index in [1.165, 1.54) is 0 Å². The van der Waals surface area contributed by atoms with E-state index in [1.807, 2.05) is 13.3 Å². The van der Waals surface area contributed by atoms with Crippen LogP contribution in [0.2, 0.25) is 0 Å². The van der Waals surface area contributed by atoms with Crippen LogP contribution >= 0.6 is 0 Å². The molecular weight excluding hydrogens is 288 g/mol. The molecule has 0 amide bonds. The SMILES string of the molecule is CC=CC1[C@@H](C)[C@H](C(C)C)N(C=NCC)C2(C)C(O)(OC)C12C. The van der Waals surface area contributed by atoms with Crippen LogP contribution in [0.5, 0.6) is 0 Å². The summed E-state index contributed by atoms with van der Waals surface area (Å²) in [5.41, 5.74) is -0.829. The van der Waals surface area contributed by atoms with Crippen LogP contribution in [0.1, 0.15) is 48.5 Å². The number of piperidine rings is 1. The van der Waals surface area contributed by atoms with Gasteiger partial charge >= 0.3 is 0 Å². The highest BCUT2D eigenvalue weighted by atomic mass is 16.6. The van der Waals surface area contributed by atoms with E-state index in [9.17, 15) is 5.11 Å². The Bertz CT molecular complexity index is 504. The molecule has 6 atom stereocenters. The number of fused-ring (bicyclic) bond motifs is 1. The number of aliphatic hydroxyl groups is 1. The van der Waals surface area contributed by atoms with Crippen molar-refractivity contribution in [2.45, 2.75) is 65.8 Å². The molecule has 132 valence electrons. The first-order valence-corrected chi connectivity index (χ1v) is 8.87. The summed E-state index contributed by atoms with van der Waals surface area (Å²) in [6.07, 6.45) is 6.31. The molecule has 2 aliphatic rings. The van der Waals surface area contributed by atoms with Crippen LogP contribution in [0, 0.1) is 23.2 Å². The molecule has 0 bridgehead atoms. The van der Waals surface area contributed by atoms with Crippen molar-refractivity contribution in [3.05, 3.63) is 12.2 Å². The fourth-order valence-electron chi connectivity index (χ4n) is 5.41. The van der Waals surface area contributed by atoms with Crippen molar-refractivity contribution >= 4 is 6.34 Å². The van der Waals surface area contributed by atoms with Gasteiger partial charge in [0.25, 0.3) is 0 Å². The Hall–Kier alpha value is -0.870. The number of allylic oxidation sites excluding steroid dienone is 2. The molecular formula is C19H34N2O2. The zero-order valence-corrected chi connectivity index (χ0v) is 16.0. The second kappa shape index (κ2) is 5.89. The molecule has 23 heavy (non-hydrogen) atoms. The summed E-state index contributed by atoms with van der Waals surface area (Å²) in [6.45, 7) is 15.9. The predicted octanol–water partition coefficient (Wildman–Crippen LogP) is 3.32. The number of rotatable bonds is 5. The molecule has 1 saturated heterocycles. The Kier molecular flexibility index (Phi) is 4.73. The van der Waals surface area contributed by atoms with Crippen molar-refractivity contribution in [2.24, 2.45) is 28.2 Å². The molecule has 0 aromatic heterocycles. The summed E-state index contributed by atoms with van der Waals surface area (Å²) in [4.78, 5) is 6.79. The van der Waals surface area contributed by atoms with Gasteiger partial charge in [-0.3, -0.25) is 4.99 Å². The highest BCUT2D eigenvalue weighted by Gasteiger charge is 2.90. The lowest BCUT2D eigenvalue weighted by molar-refractivity contribution is -0.147.